The average Bonchev–Trinajstić information content (AvgIpc) is 4.26. The molecule has 3 aliphatic rings. The SMILES string of the molecule is CCc1ccc(C2=[N+]3C(=Cc4c5ccc(OC)cc5c(-c5ccc(CC)s5)n4[B-]3(C#Cc3ccc(C4=NC(C)(C)CO4)cc3)C#Cc3ccc4ccc5cccc6ccc3c4c56)c3ccc(OC)cc32)s1. The number of ether oxygens (including phenoxy) is 3. The van der Waals surface area contributed by atoms with Crippen molar-refractivity contribution >= 4 is 95.6 Å². The van der Waals surface area contributed by atoms with Crippen LogP contribution in [0.5, 0.6) is 11.5 Å². The van der Waals surface area contributed by atoms with Gasteiger partial charge in [0, 0.05) is 59.6 Å². The maximum absolute atomic E-state index is 6.08. The Hall–Kier alpha value is -7.82. The number of aromatic nitrogens is 1. The number of benzene rings is 7. The second-order valence-corrected chi connectivity index (χ2v) is 21.6. The third kappa shape index (κ3) is 6.79. The van der Waals surface area contributed by atoms with Gasteiger partial charge >= 0.3 is 6.42 Å². The molecule has 0 radical (unpaired) electrons. The van der Waals surface area contributed by atoms with Crippen LogP contribution in [-0.2, 0) is 17.6 Å². The molecular weight excluding hydrogens is 910 g/mol. The lowest BCUT2D eigenvalue weighted by Crippen LogP contribution is -2.56. The van der Waals surface area contributed by atoms with Gasteiger partial charge in [-0.25, -0.2) is 4.99 Å². The van der Waals surface area contributed by atoms with Gasteiger partial charge in [-0.2, -0.15) is 11.6 Å². The van der Waals surface area contributed by atoms with E-state index in [1.165, 1.54) is 36.7 Å². The first kappa shape index (κ1) is 43.2. The summed E-state index contributed by atoms with van der Waals surface area (Å²) in [6.45, 7) is 9.19. The molecule has 6 nitrogen and oxygen atoms in total. The van der Waals surface area contributed by atoms with Crippen molar-refractivity contribution in [3.63, 3.8) is 0 Å². The first-order chi connectivity index (χ1) is 34.7. The number of thiophene rings is 2. The van der Waals surface area contributed by atoms with E-state index in [9.17, 15) is 0 Å². The van der Waals surface area contributed by atoms with Crippen molar-refractivity contribution < 1.29 is 18.7 Å². The molecule has 0 aliphatic carbocycles. The molecular formula is C62H48BN3O3S2. The van der Waals surface area contributed by atoms with Gasteiger partial charge < -0.3 is 23.2 Å². The first-order valence-corrected chi connectivity index (χ1v) is 26.0. The van der Waals surface area contributed by atoms with Crippen LogP contribution in [0, 0.1) is 23.5 Å². The third-order valence-electron chi connectivity index (χ3n) is 14.5. The Labute approximate surface area is 421 Å². The summed E-state index contributed by atoms with van der Waals surface area (Å²) in [6.07, 6.45) is 1.77. The van der Waals surface area contributed by atoms with Crippen molar-refractivity contribution in [3.05, 3.63) is 188 Å². The molecule has 9 heteroatoms. The van der Waals surface area contributed by atoms with Crippen LogP contribution in [0.4, 0.5) is 0 Å². The summed E-state index contributed by atoms with van der Waals surface area (Å²) in [4.78, 5) is 9.79. The number of rotatable bonds is 7. The van der Waals surface area contributed by atoms with Crippen molar-refractivity contribution in [1.82, 2.24) is 4.48 Å². The molecule has 0 saturated carbocycles. The van der Waals surface area contributed by atoms with Gasteiger partial charge in [0.25, 0.3) is 0 Å². The quantitative estimate of drug-likeness (QED) is 0.0908. The van der Waals surface area contributed by atoms with Crippen LogP contribution in [0.3, 0.4) is 0 Å². The van der Waals surface area contributed by atoms with Crippen LogP contribution in [0.1, 0.15) is 75.8 Å². The molecule has 1 atom stereocenters. The zero-order valence-electron chi connectivity index (χ0n) is 40.4. The summed E-state index contributed by atoms with van der Waals surface area (Å²) in [7, 11) is 3.49. The molecule has 10 aromatic rings. The smallest absolute Gasteiger partial charge is 0.497 e. The Balaban J connectivity index is 1.19. The van der Waals surface area contributed by atoms with Gasteiger partial charge in [-0.1, -0.05) is 62.4 Å². The molecule has 71 heavy (non-hydrogen) atoms. The van der Waals surface area contributed by atoms with E-state index in [4.69, 9.17) is 19.2 Å². The highest BCUT2D eigenvalue weighted by atomic mass is 32.1. The number of hydrogen-bond acceptors (Lipinski definition) is 6. The van der Waals surface area contributed by atoms with Crippen molar-refractivity contribution in [2.24, 2.45) is 4.99 Å². The fourth-order valence-corrected chi connectivity index (χ4v) is 13.0. The maximum Gasteiger partial charge on any atom is 0.521 e. The van der Waals surface area contributed by atoms with E-state index in [0.29, 0.717) is 12.5 Å². The summed E-state index contributed by atoms with van der Waals surface area (Å²) in [5.41, 5.74) is 8.90. The number of aryl methyl sites for hydroxylation is 2. The monoisotopic (exact) mass is 957 g/mol. The summed E-state index contributed by atoms with van der Waals surface area (Å²) >= 11 is 3.66. The lowest BCUT2D eigenvalue weighted by molar-refractivity contribution is -0.279. The molecule has 3 aromatic heterocycles. The number of aliphatic imine (C=N–C) groups is 1. The molecule has 0 amide bonds. The van der Waals surface area contributed by atoms with Crippen molar-refractivity contribution in [2.75, 3.05) is 20.8 Å². The molecule has 0 saturated heterocycles. The molecule has 1 unspecified atom stereocenters. The van der Waals surface area contributed by atoms with E-state index < -0.39 is 6.42 Å². The largest absolute Gasteiger partial charge is 0.521 e. The fourth-order valence-electron chi connectivity index (χ4n) is 11.0. The van der Waals surface area contributed by atoms with Crippen molar-refractivity contribution in [3.8, 4) is 45.6 Å². The van der Waals surface area contributed by atoms with Gasteiger partial charge in [0.05, 0.1) is 35.8 Å². The zero-order chi connectivity index (χ0) is 48.2. The van der Waals surface area contributed by atoms with Gasteiger partial charge in [0.2, 0.25) is 5.90 Å². The third-order valence-corrected chi connectivity index (χ3v) is 16.9. The second kappa shape index (κ2) is 16.4. The van der Waals surface area contributed by atoms with E-state index in [1.54, 1.807) is 14.2 Å². The van der Waals surface area contributed by atoms with Gasteiger partial charge in [-0.15, -0.1) is 34.5 Å². The lowest BCUT2D eigenvalue weighted by atomic mass is 9.45. The Morgan fingerprint density at radius 3 is 2.06 bits per heavy atom. The first-order valence-electron chi connectivity index (χ1n) is 24.4. The Kier molecular flexibility index (Phi) is 9.98. The minimum absolute atomic E-state index is 0.269. The topological polar surface area (TPSA) is 48.0 Å². The second-order valence-electron chi connectivity index (χ2n) is 19.3. The normalized spacial score (nSPS) is 16.5. The van der Waals surface area contributed by atoms with E-state index in [2.05, 4.69) is 206 Å². The predicted molar refractivity (Wildman–Crippen MR) is 297 cm³/mol. The maximum atomic E-state index is 6.08. The number of methoxy groups -OCH3 is 2. The molecule has 0 N–H and O–H groups in total. The Bertz CT molecular complexity index is 4090. The lowest BCUT2D eigenvalue weighted by Gasteiger charge is -2.36. The average molecular weight is 958 g/mol. The minimum atomic E-state index is -2.46. The highest BCUT2D eigenvalue weighted by Gasteiger charge is 2.52. The summed E-state index contributed by atoms with van der Waals surface area (Å²) in [6, 6.07) is 50.3. The van der Waals surface area contributed by atoms with Crippen LogP contribution in [0.15, 0.2) is 145 Å². The molecule has 0 fully saturated rings. The van der Waals surface area contributed by atoms with E-state index in [-0.39, 0.29) is 5.54 Å². The summed E-state index contributed by atoms with van der Waals surface area (Å²) in [5.74, 6) is 18.3. The number of fused-ring (bicyclic) bond motifs is 6. The van der Waals surface area contributed by atoms with Crippen LogP contribution in [-0.4, -0.2) is 53.4 Å². The highest BCUT2D eigenvalue weighted by Crippen LogP contribution is 2.49. The van der Waals surface area contributed by atoms with Gasteiger partial charge in [-0.3, -0.25) is 0 Å². The summed E-state index contributed by atoms with van der Waals surface area (Å²) < 4.78 is 23.1. The fraction of sp³-hybridized carbons (Fsp3) is 0.161. The molecule has 6 heterocycles. The van der Waals surface area contributed by atoms with Crippen LogP contribution >= 0.6 is 22.7 Å². The molecule has 0 bridgehead atoms. The van der Waals surface area contributed by atoms with E-state index >= 15 is 0 Å². The number of hydrogen-bond donors (Lipinski definition) is 0. The Morgan fingerprint density at radius 2 is 1.34 bits per heavy atom. The summed E-state index contributed by atoms with van der Waals surface area (Å²) in [5, 5.41) is 9.45. The van der Waals surface area contributed by atoms with Crippen LogP contribution < -0.4 is 9.47 Å². The molecule has 7 aromatic carbocycles. The van der Waals surface area contributed by atoms with E-state index in [0.717, 1.165) is 101 Å². The predicted octanol–water partition coefficient (Wildman–Crippen LogP) is 13.9. The highest BCUT2D eigenvalue weighted by molar-refractivity contribution is 7.15. The Morgan fingerprint density at radius 1 is 0.676 bits per heavy atom. The van der Waals surface area contributed by atoms with Gasteiger partial charge in [-0.05, 0) is 150 Å². The van der Waals surface area contributed by atoms with Gasteiger partial charge in [0.1, 0.15) is 18.1 Å². The minimum Gasteiger partial charge on any atom is -0.497 e. The standard InChI is InChI=1S/C62H48BN3O3S2/c1-7-46-23-28-55(70-46)59-51-34-44(67-5)21-26-49(51)53-36-54-50-27-22-45(68-6)35-52(50)60(56-29-24-47(8-2)71-56)66(54)63(65(53)59,32-30-38-12-14-43(15-13-38)61-64-62(3,4)37-69-61)33-31-39-16-17-42-19-18-40-10-9-11-41-20-25-48(39)58(42)57(40)41/h9-29,34-36H,7-8,37H2,1-6H3. The van der Waals surface area contributed by atoms with Crippen LogP contribution in [0.2, 0.25) is 0 Å². The molecule has 0 spiro atoms. The molecule has 3 aliphatic heterocycles. The molecule has 344 valence electrons. The van der Waals surface area contributed by atoms with Crippen molar-refractivity contribution in [2.45, 2.75) is 46.1 Å². The van der Waals surface area contributed by atoms with Gasteiger partial charge in [0.15, 0.2) is 11.4 Å². The molecule has 13 rings (SSSR count). The number of nitrogens with zero attached hydrogens (tertiary/aromatic N) is 3. The van der Waals surface area contributed by atoms with Crippen molar-refractivity contribution in [1.29, 1.82) is 0 Å². The zero-order valence-corrected chi connectivity index (χ0v) is 42.1. The van der Waals surface area contributed by atoms with Crippen LogP contribution in [0.25, 0.3) is 65.4 Å². The van der Waals surface area contributed by atoms with E-state index in [1.807, 2.05) is 22.7 Å².